The smallest absolute Gasteiger partial charge is 0.410 e. The van der Waals surface area contributed by atoms with Crippen LogP contribution in [0.5, 0.6) is 0 Å². The third kappa shape index (κ3) is 3.64. The normalized spacial score (nSPS) is 15.4. The lowest BCUT2D eigenvalue weighted by Gasteiger charge is -2.40. The number of amides is 1. The van der Waals surface area contributed by atoms with Gasteiger partial charge in [-0.15, -0.1) is 0 Å². The van der Waals surface area contributed by atoms with Crippen LogP contribution < -0.4 is 5.32 Å². The highest BCUT2D eigenvalue weighted by Gasteiger charge is 2.34. The van der Waals surface area contributed by atoms with Crippen LogP contribution in [0.15, 0.2) is 24.3 Å². The minimum Gasteiger partial charge on any atom is -0.444 e. The Bertz CT molecular complexity index is 738. The minimum absolute atomic E-state index is 0.122. The number of anilines is 1. The van der Waals surface area contributed by atoms with Gasteiger partial charge < -0.3 is 15.0 Å². The van der Waals surface area contributed by atoms with E-state index >= 15 is 0 Å². The topological polar surface area (TPSA) is 67.3 Å². The standard InChI is InChI=1S/C16H19ClN4O2/c1-16(2,3)23-15(22)21-8-10(9-21)18-13-11-6-4-5-7-12(11)19-14(17)20-13/h4-7,10H,8-9H2,1-3H3,(H,18,19,20). The molecule has 6 nitrogen and oxygen atoms in total. The number of hydrogen-bond donors (Lipinski definition) is 1. The molecule has 2 aromatic rings. The number of rotatable bonds is 2. The molecular weight excluding hydrogens is 316 g/mol. The Hall–Kier alpha value is -2.08. The van der Waals surface area contributed by atoms with E-state index in [2.05, 4.69) is 15.3 Å². The van der Waals surface area contributed by atoms with Gasteiger partial charge in [-0.2, -0.15) is 0 Å². The summed E-state index contributed by atoms with van der Waals surface area (Å²) < 4.78 is 5.34. The van der Waals surface area contributed by atoms with Crippen molar-refractivity contribution in [1.82, 2.24) is 14.9 Å². The number of fused-ring (bicyclic) bond motifs is 1. The first-order valence-electron chi connectivity index (χ1n) is 7.48. The van der Waals surface area contributed by atoms with Crippen molar-refractivity contribution >= 4 is 34.4 Å². The van der Waals surface area contributed by atoms with Gasteiger partial charge in [0, 0.05) is 18.5 Å². The van der Waals surface area contributed by atoms with Crippen molar-refractivity contribution in [3.05, 3.63) is 29.5 Å². The number of halogens is 1. The summed E-state index contributed by atoms with van der Waals surface area (Å²) in [5, 5.41) is 4.44. The highest BCUT2D eigenvalue weighted by molar-refractivity contribution is 6.28. The van der Waals surface area contributed by atoms with Gasteiger partial charge in [0.2, 0.25) is 5.28 Å². The molecule has 1 aliphatic rings. The van der Waals surface area contributed by atoms with E-state index in [0.717, 1.165) is 10.9 Å². The molecule has 2 heterocycles. The molecule has 1 aromatic carbocycles. The number of carbonyl (C=O) groups excluding carboxylic acids is 1. The molecule has 23 heavy (non-hydrogen) atoms. The highest BCUT2D eigenvalue weighted by atomic mass is 35.5. The van der Waals surface area contributed by atoms with Gasteiger partial charge in [-0.3, -0.25) is 0 Å². The molecule has 1 aliphatic heterocycles. The van der Waals surface area contributed by atoms with Crippen molar-refractivity contribution in [2.75, 3.05) is 18.4 Å². The number of ether oxygens (including phenoxy) is 1. The molecule has 7 heteroatoms. The zero-order valence-electron chi connectivity index (χ0n) is 13.3. The fraction of sp³-hybridized carbons (Fsp3) is 0.438. The summed E-state index contributed by atoms with van der Waals surface area (Å²) in [6.07, 6.45) is -0.291. The summed E-state index contributed by atoms with van der Waals surface area (Å²) in [6, 6.07) is 7.79. The van der Waals surface area contributed by atoms with Crippen LogP contribution in [-0.2, 0) is 4.74 Å². The molecule has 1 aromatic heterocycles. The molecule has 1 fully saturated rings. The van der Waals surface area contributed by atoms with E-state index in [4.69, 9.17) is 16.3 Å². The molecular formula is C16H19ClN4O2. The quantitative estimate of drug-likeness (QED) is 0.853. The fourth-order valence-electron chi connectivity index (χ4n) is 2.40. The lowest BCUT2D eigenvalue weighted by molar-refractivity contribution is 0.0105. The van der Waals surface area contributed by atoms with Gasteiger partial charge in [0.15, 0.2) is 0 Å². The van der Waals surface area contributed by atoms with Gasteiger partial charge in [-0.05, 0) is 44.5 Å². The molecule has 1 amide bonds. The number of hydrogen-bond acceptors (Lipinski definition) is 5. The molecule has 1 saturated heterocycles. The van der Waals surface area contributed by atoms with E-state index in [1.165, 1.54) is 0 Å². The molecule has 0 bridgehead atoms. The largest absolute Gasteiger partial charge is 0.444 e. The van der Waals surface area contributed by atoms with Crippen LogP contribution in [0.4, 0.5) is 10.6 Å². The van der Waals surface area contributed by atoms with E-state index in [0.29, 0.717) is 18.9 Å². The van der Waals surface area contributed by atoms with Crippen molar-refractivity contribution in [3.8, 4) is 0 Å². The number of nitrogens with one attached hydrogen (secondary N) is 1. The molecule has 0 saturated carbocycles. The Kier molecular flexibility index (Phi) is 4.02. The van der Waals surface area contributed by atoms with Gasteiger partial charge in [0.05, 0.1) is 11.6 Å². The van der Waals surface area contributed by atoms with Crippen LogP contribution in [0.25, 0.3) is 10.9 Å². The summed E-state index contributed by atoms with van der Waals surface area (Å²) >= 11 is 5.97. The molecule has 3 rings (SSSR count). The van der Waals surface area contributed by atoms with Crippen LogP contribution in [0, 0.1) is 0 Å². The SMILES string of the molecule is CC(C)(C)OC(=O)N1CC(Nc2nc(Cl)nc3ccccc23)C1. The Labute approximate surface area is 139 Å². The Balaban J connectivity index is 1.66. The predicted molar refractivity (Wildman–Crippen MR) is 89.8 cm³/mol. The summed E-state index contributed by atoms with van der Waals surface area (Å²) in [6.45, 7) is 6.72. The van der Waals surface area contributed by atoms with E-state index in [-0.39, 0.29) is 17.4 Å². The van der Waals surface area contributed by atoms with Crippen LogP contribution in [0.1, 0.15) is 20.8 Å². The minimum atomic E-state index is -0.480. The van der Waals surface area contributed by atoms with Crippen molar-refractivity contribution in [3.63, 3.8) is 0 Å². The maximum absolute atomic E-state index is 11.9. The van der Waals surface area contributed by atoms with Gasteiger partial charge in [0.1, 0.15) is 11.4 Å². The second-order valence-corrected chi connectivity index (χ2v) is 6.92. The summed E-state index contributed by atoms with van der Waals surface area (Å²) in [7, 11) is 0. The summed E-state index contributed by atoms with van der Waals surface area (Å²) in [5.41, 5.74) is 0.310. The van der Waals surface area contributed by atoms with Crippen LogP contribution in [0.2, 0.25) is 5.28 Å². The van der Waals surface area contributed by atoms with Crippen LogP contribution in [0.3, 0.4) is 0 Å². The molecule has 1 N–H and O–H groups in total. The lowest BCUT2D eigenvalue weighted by Crippen LogP contribution is -2.58. The number of nitrogens with zero attached hydrogens (tertiary/aromatic N) is 3. The predicted octanol–water partition coefficient (Wildman–Crippen LogP) is 3.31. The second-order valence-electron chi connectivity index (χ2n) is 6.58. The Morgan fingerprint density at radius 1 is 1.30 bits per heavy atom. The number of aromatic nitrogens is 2. The molecule has 0 spiro atoms. The zero-order valence-corrected chi connectivity index (χ0v) is 14.1. The maximum Gasteiger partial charge on any atom is 0.410 e. The maximum atomic E-state index is 11.9. The summed E-state index contributed by atoms with van der Waals surface area (Å²) in [4.78, 5) is 22.1. The first kappa shape index (κ1) is 15.8. The van der Waals surface area contributed by atoms with E-state index in [9.17, 15) is 4.79 Å². The first-order chi connectivity index (χ1) is 10.8. The van der Waals surface area contributed by atoms with Crippen LogP contribution in [-0.4, -0.2) is 45.7 Å². The average molecular weight is 335 g/mol. The van der Waals surface area contributed by atoms with Gasteiger partial charge >= 0.3 is 6.09 Å². The number of carbonyl (C=O) groups is 1. The van der Waals surface area contributed by atoms with Crippen LogP contribution >= 0.6 is 11.6 Å². The Morgan fingerprint density at radius 3 is 2.70 bits per heavy atom. The molecule has 0 atom stereocenters. The number of benzene rings is 1. The summed E-state index contributed by atoms with van der Waals surface area (Å²) in [5.74, 6) is 0.689. The van der Waals surface area contributed by atoms with Crippen molar-refractivity contribution in [2.24, 2.45) is 0 Å². The monoisotopic (exact) mass is 334 g/mol. The van der Waals surface area contributed by atoms with Crippen molar-refractivity contribution < 1.29 is 9.53 Å². The van der Waals surface area contributed by atoms with Crippen molar-refractivity contribution in [2.45, 2.75) is 32.4 Å². The fourth-order valence-corrected chi connectivity index (χ4v) is 2.57. The molecule has 0 unspecified atom stereocenters. The van der Waals surface area contributed by atoms with Gasteiger partial charge in [-0.1, -0.05) is 12.1 Å². The van der Waals surface area contributed by atoms with Gasteiger partial charge in [-0.25, -0.2) is 14.8 Å². The highest BCUT2D eigenvalue weighted by Crippen LogP contribution is 2.24. The van der Waals surface area contributed by atoms with E-state index in [1.807, 2.05) is 45.0 Å². The average Bonchev–Trinajstić information content (AvgIpc) is 2.39. The zero-order chi connectivity index (χ0) is 16.6. The van der Waals surface area contributed by atoms with Crippen molar-refractivity contribution in [1.29, 1.82) is 0 Å². The lowest BCUT2D eigenvalue weighted by atomic mass is 10.1. The number of para-hydroxylation sites is 1. The van der Waals surface area contributed by atoms with E-state index in [1.54, 1.807) is 4.90 Å². The Morgan fingerprint density at radius 2 is 2.00 bits per heavy atom. The van der Waals surface area contributed by atoms with E-state index < -0.39 is 5.60 Å². The number of likely N-dealkylation sites (tertiary alicyclic amines) is 1. The first-order valence-corrected chi connectivity index (χ1v) is 7.86. The third-order valence-corrected chi connectivity index (χ3v) is 3.62. The van der Waals surface area contributed by atoms with Gasteiger partial charge in [0.25, 0.3) is 0 Å². The molecule has 122 valence electrons. The third-order valence-electron chi connectivity index (χ3n) is 3.45. The molecule has 0 radical (unpaired) electrons. The second kappa shape index (κ2) is 5.85. The molecule has 0 aliphatic carbocycles.